The molecular weight excluding hydrogens is 240 g/mol. The smallest absolute Gasteiger partial charge is 0.287 e. The average Bonchev–Trinajstić information content (AvgIpc) is 2.35. The van der Waals surface area contributed by atoms with Gasteiger partial charge in [0.05, 0.1) is 26.2 Å². The minimum Gasteiger partial charge on any atom is -0.298 e. The zero-order valence-electron chi connectivity index (χ0n) is 8.90. The highest BCUT2D eigenvalue weighted by molar-refractivity contribution is 6.02. The van der Waals surface area contributed by atoms with E-state index >= 15 is 0 Å². The third kappa shape index (κ3) is 1.67. The SMILES string of the molecule is O=Cc1ccc2c([N+](=O)[O-])cccc2c1[N+](=O)[O-]. The topological polar surface area (TPSA) is 103 Å². The van der Waals surface area contributed by atoms with Gasteiger partial charge in [-0.2, -0.15) is 0 Å². The van der Waals surface area contributed by atoms with E-state index in [-0.39, 0.29) is 22.0 Å². The molecule has 0 fully saturated rings. The highest BCUT2D eigenvalue weighted by atomic mass is 16.6. The number of fused-ring (bicyclic) bond motifs is 1. The number of carbonyl (C=O) groups excluding carboxylic acids is 1. The minimum atomic E-state index is -0.713. The maximum Gasteiger partial charge on any atom is 0.287 e. The molecule has 0 saturated heterocycles. The van der Waals surface area contributed by atoms with Gasteiger partial charge in [-0.05, 0) is 18.2 Å². The average molecular weight is 246 g/mol. The molecule has 0 aliphatic rings. The molecule has 7 nitrogen and oxygen atoms in total. The quantitative estimate of drug-likeness (QED) is 0.470. The van der Waals surface area contributed by atoms with E-state index in [9.17, 15) is 25.0 Å². The monoisotopic (exact) mass is 246 g/mol. The molecule has 0 aromatic heterocycles. The molecule has 0 unspecified atom stereocenters. The van der Waals surface area contributed by atoms with Crippen molar-refractivity contribution in [3.05, 3.63) is 56.1 Å². The van der Waals surface area contributed by atoms with Crippen LogP contribution in [0.4, 0.5) is 11.4 Å². The zero-order valence-corrected chi connectivity index (χ0v) is 8.90. The van der Waals surface area contributed by atoms with Gasteiger partial charge in [0.2, 0.25) is 0 Å². The van der Waals surface area contributed by atoms with Crippen LogP contribution in [0.25, 0.3) is 10.8 Å². The first kappa shape index (κ1) is 11.6. The Bertz CT molecular complexity index is 680. The summed E-state index contributed by atoms with van der Waals surface area (Å²) >= 11 is 0. The maximum atomic E-state index is 11.0. The van der Waals surface area contributed by atoms with Crippen LogP contribution in [0.1, 0.15) is 10.4 Å². The number of hydrogen-bond donors (Lipinski definition) is 0. The van der Waals surface area contributed by atoms with E-state index in [2.05, 4.69) is 0 Å². The molecule has 0 spiro atoms. The lowest BCUT2D eigenvalue weighted by Crippen LogP contribution is -1.97. The number of non-ortho nitro benzene ring substituents is 1. The second-order valence-corrected chi connectivity index (χ2v) is 3.51. The first-order valence-electron chi connectivity index (χ1n) is 4.86. The molecule has 2 rings (SSSR count). The molecule has 0 bridgehead atoms. The first-order valence-corrected chi connectivity index (χ1v) is 4.86. The molecule has 0 amide bonds. The minimum absolute atomic E-state index is 0.0822. The summed E-state index contributed by atoms with van der Waals surface area (Å²) in [7, 11) is 0. The van der Waals surface area contributed by atoms with Gasteiger partial charge < -0.3 is 0 Å². The number of carbonyl (C=O) groups is 1. The van der Waals surface area contributed by atoms with Gasteiger partial charge in [-0.15, -0.1) is 0 Å². The standard InChI is InChI=1S/C11H6N2O5/c14-6-7-4-5-8-9(11(7)13(17)18)2-1-3-10(8)12(15)16/h1-6H. The summed E-state index contributed by atoms with van der Waals surface area (Å²) in [4.78, 5) is 31.2. The number of nitrogens with zero attached hydrogens (tertiary/aromatic N) is 2. The van der Waals surface area contributed by atoms with E-state index < -0.39 is 15.5 Å². The van der Waals surface area contributed by atoms with Crippen molar-refractivity contribution >= 4 is 28.4 Å². The van der Waals surface area contributed by atoms with Gasteiger partial charge in [0.1, 0.15) is 0 Å². The van der Waals surface area contributed by atoms with E-state index in [4.69, 9.17) is 0 Å². The molecule has 0 aliphatic heterocycles. The number of rotatable bonds is 3. The summed E-state index contributed by atoms with van der Waals surface area (Å²) in [6.45, 7) is 0. The lowest BCUT2D eigenvalue weighted by atomic mass is 10.0. The fourth-order valence-electron chi connectivity index (χ4n) is 1.80. The zero-order chi connectivity index (χ0) is 13.3. The Morgan fingerprint density at radius 2 is 1.67 bits per heavy atom. The normalized spacial score (nSPS) is 10.2. The molecule has 7 heteroatoms. The van der Waals surface area contributed by atoms with Gasteiger partial charge in [-0.3, -0.25) is 25.0 Å². The summed E-state index contributed by atoms with van der Waals surface area (Å²) in [5, 5.41) is 22.0. The molecule has 0 atom stereocenters. The first-order chi connectivity index (χ1) is 8.56. The molecule has 2 aromatic rings. The third-order valence-corrected chi connectivity index (χ3v) is 2.55. The largest absolute Gasteiger partial charge is 0.298 e. The fraction of sp³-hybridized carbons (Fsp3) is 0. The van der Waals surface area contributed by atoms with Crippen LogP contribution in [-0.4, -0.2) is 16.1 Å². The molecule has 18 heavy (non-hydrogen) atoms. The van der Waals surface area contributed by atoms with Crippen molar-refractivity contribution in [3.8, 4) is 0 Å². The van der Waals surface area contributed by atoms with E-state index in [1.807, 2.05) is 0 Å². The van der Waals surface area contributed by atoms with Crippen molar-refractivity contribution in [2.75, 3.05) is 0 Å². The van der Waals surface area contributed by atoms with Crippen molar-refractivity contribution in [3.63, 3.8) is 0 Å². The molecule has 0 radical (unpaired) electrons. The van der Waals surface area contributed by atoms with Gasteiger partial charge in [0, 0.05) is 6.07 Å². The fourth-order valence-corrected chi connectivity index (χ4v) is 1.80. The van der Waals surface area contributed by atoms with Crippen LogP contribution in [0.5, 0.6) is 0 Å². The molecule has 0 N–H and O–H groups in total. The predicted molar refractivity (Wildman–Crippen MR) is 62.6 cm³/mol. The third-order valence-electron chi connectivity index (χ3n) is 2.55. The van der Waals surface area contributed by atoms with Crippen molar-refractivity contribution in [2.45, 2.75) is 0 Å². The van der Waals surface area contributed by atoms with Crippen molar-refractivity contribution in [2.24, 2.45) is 0 Å². The molecular formula is C11H6N2O5. The predicted octanol–water partition coefficient (Wildman–Crippen LogP) is 2.47. The van der Waals surface area contributed by atoms with Gasteiger partial charge in [0.15, 0.2) is 6.29 Å². The summed E-state index contributed by atoms with van der Waals surface area (Å²) in [5.41, 5.74) is -0.743. The summed E-state index contributed by atoms with van der Waals surface area (Å²) in [6, 6.07) is 6.53. The maximum absolute atomic E-state index is 11.0. The van der Waals surface area contributed by atoms with Gasteiger partial charge >= 0.3 is 0 Å². The Morgan fingerprint density at radius 3 is 2.22 bits per heavy atom. The van der Waals surface area contributed by atoms with E-state index in [0.717, 1.165) is 0 Å². The Labute approximate surface area is 99.9 Å². The van der Waals surface area contributed by atoms with Crippen molar-refractivity contribution in [1.82, 2.24) is 0 Å². The number of nitro groups is 2. The van der Waals surface area contributed by atoms with Crippen LogP contribution in [0.15, 0.2) is 30.3 Å². The van der Waals surface area contributed by atoms with Gasteiger partial charge in [0.25, 0.3) is 11.4 Å². The lowest BCUT2D eigenvalue weighted by molar-refractivity contribution is -0.384. The van der Waals surface area contributed by atoms with Crippen LogP contribution < -0.4 is 0 Å². The highest BCUT2D eigenvalue weighted by Crippen LogP contribution is 2.33. The van der Waals surface area contributed by atoms with E-state index in [1.165, 1.54) is 30.3 Å². The second-order valence-electron chi connectivity index (χ2n) is 3.51. The van der Waals surface area contributed by atoms with Crippen molar-refractivity contribution < 1.29 is 14.6 Å². The van der Waals surface area contributed by atoms with Crippen molar-refractivity contribution in [1.29, 1.82) is 0 Å². The van der Waals surface area contributed by atoms with Crippen LogP contribution >= 0.6 is 0 Å². The summed E-state index contributed by atoms with van der Waals surface area (Å²) < 4.78 is 0. The number of benzene rings is 2. The van der Waals surface area contributed by atoms with Gasteiger partial charge in [-0.1, -0.05) is 6.07 Å². The van der Waals surface area contributed by atoms with Crippen LogP contribution in [-0.2, 0) is 0 Å². The van der Waals surface area contributed by atoms with E-state index in [1.54, 1.807) is 0 Å². The Kier molecular flexibility index (Phi) is 2.72. The molecule has 0 aliphatic carbocycles. The molecule has 0 heterocycles. The van der Waals surface area contributed by atoms with Crippen LogP contribution in [0.2, 0.25) is 0 Å². The Hall–Kier alpha value is -2.83. The molecule has 0 saturated carbocycles. The summed E-state index contributed by atoms with van der Waals surface area (Å²) in [5.74, 6) is 0. The summed E-state index contributed by atoms with van der Waals surface area (Å²) in [6.07, 6.45) is 0.358. The highest BCUT2D eigenvalue weighted by Gasteiger charge is 2.22. The number of aldehydes is 1. The Balaban J connectivity index is 2.95. The van der Waals surface area contributed by atoms with E-state index in [0.29, 0.717) is 6.29 Å². The van der Waals surface area contributed by atoms with Crippen LogP contribution in [0.3, 0.4) is 0 Å². The molecule has 90 valence electrons. The number of nitro benzene ring substituents is 2. The Morgan fingerprint density at radius 1 is 0.944 bits per heavy atom. The van der Waals surface area contributed by atoms with Gasteiger partial charge in [-0.25, -0.2) is 0 Å². The number of hydrogen-bond acceptors (Lipinski definition) is 5. The van der Waals surface area contributed by atoms with Crippen LogP contribution in [0, 0.1) is 20.2 Å². The lowest BCUT2D eigenvalue weighted by Gasteiger charge is -2.02. The second kappa shape index (κ2) is 4.21. The molecule has 2 aromatic carbocycles.